The van der Waals surface area contributed by atoms with Gasteiger partial charge in [0.05, 0.1) is 21.2 Å². The molecule has 37 heavy (non-hydrogen) atoms. The molecular weight excluding hydrogens is 519 g/mol. The van der Waals surface area contributed by atoms with E-state index in [1.165, 1.54) is 0 Å². The summed E-state index contributed by atoms with van der Waals surface area (Å²) in [6.45, 7) is 1.91. The quantitative estimate of drug-likeness (QED) is 0.204. The molecule has 2 aliphatic carbocycles. The fourth-order valence-corrected chi connectivity index (χ4v) is 3.38. The first-order chi connectivity index (χ1) is 16.7. The number of pyridine rings is 2. The van der Waals surface area contributed by atoms with Crippen LogP contribution in [0.15, 0.2) is 60.5 Å². The molecule has 2 aromatic rings. The van der Waals surface area contributed by atoms with Gasteiger partial charge in [-0.25, -0.2) is 9.97 Å². The van der Waals surface area contributed by atoms with Crippen molar-refractivity contribution in [1.82, 2.24) is 20.6 Å². The van der Waals surface area contributed by atoms with E-state index in [2.05, 4.69) is 20.6 Å². The van der Waals surface area contributed by atoms with Crippen LogP contribution in [0.1, 0.15) is 64.5 Å². The molecule has 2 heterocycles. The second-order valence-corrected chi connectivity index (χ2v) is 9.22. The second kappa shape index (κ2) is 15.1. The number of hydrogen-bond acceptors (Lipinski definition) is 8. The summed E-state index contributed by atoms with van der Waals surface area (Å²) in [6, 6.07) is 7.78. The van der Waals surface area contributed by atoms with E-state index in [1.54, 1.807) is 24.5 Å². The van der Waals surface area contributed by atoms with Crippen molar-refractivity contribution in [2.75, 3.05) is 0 Å². The van der Waals surface area contributed by atoms with E-state index in [0.717, 1.165) is 49.2 Å². The summed E-state index contributed by atoms with van der Waals surface area (Å²) in [5.41, 5.74) is 3.03. The van der Waals surface area contributed by atoms with Crippen LogP contribution in [-0.4, -0.2) is 31.9 Å². The Morgan fingerprint density at radius 3 is 1.95 bits per heavy atom. The fraction of sp³-hybridized carbons (Fsp3) is 0.440. The topological polar surface area (TPSA) is 136 Å². The van der Waals surface area contributed by atoms with Gasteiger partial charge in [0.25, 0.3) is 12.4 Å². The molecule has 0 amide bonds. The monoisotopic (exact) mass is 552 g/mol. The van der Waals surface area contributed by atoms with Crippen molar-refractivity contribution in [2.24, 2.45) is 0 Å². The van der Waals surface area contributed by atoms with E-state index >= 15 is 0 Å². The molecule has 0 spiro atoms. The van der Waals surface area contributed by atoms with Gasteiger partial charge in [0, 0.05) is 36.8 Å². The van der Waals surface area contributed by atoms with E-state index in [0.29, 0.717) is 40.2 Å². The zero-order chi connectivity index (χ0) is 25.4. The van der Waals surface area contributed by atoms with Crippen molar-refractivity contribution in [1.29, 1.82) is 0 Å². The summed E-state index contributed by atoms with van der Waals surface area (Å²) < 4.78 is 0. The summed E-state index contributed by atoms with van der Waals surface area (Å²) in [7, 11) is 0. The molecule has 10 nitrogen and oxygen atoms in total. The Hall–Kier alpha value is -3.24. The molecule has 0 bridgehead atoms. The van der Waals surface area contributed by atoms with Crippen molar-refractivity contribution in [2.45, 2.75) is 71.9 Å². The molecule has 2 aromatic heterocycles. The summed E-state index contributed by atoms with van der Waals surface area (Å²) in [5, 5.41) is 28.3. The van der Waals surface area contributed by atoms with Crippen LogP contribution in [0, 0.1) is 20.2 Å². The third-order valence-electron chi connectivity index (χ3n) is 5.32. The van der Waals surface area contributed by atoms with Gasteiger partial charge in [-0.2, -0.15) is 0 Å². The first-order valence-electron chi connectivity index (χ1n) is 11.1. The molecule has 2 N–H and O–H groups in total. The van der Waals surface area contributed by atoms with Gasteiger partial charge in [-0.1, -0.05) is 57.1 Å². The summed E-state index contributed by atoms with van der Waals surface area (Å²) >= 11 is 11.4. The van der Waals surface area contributed by atoms with Crippen LogP contribution < -0.4 is 10.6 Å². The molecule has 0 aliphatic heterocycles. The van der Waals surface area contributed by atoms with E-state index in [4.69, 9.17) is 23.2 Å². The number of allylic oxidation sites excluding steroid dienone is 2. The molecular formula is C25H34Cl2N6O4. The van der Waals surface area contributed by atoms with Crippen LogP contribution in [0.4, 0.5) is 0 Å². The molecule has 202 valence electrons. The maximum absolute atomic E-state index is 10.7. The van der Waals surface area contributed by atoms with Crippen LogP contribution in [0.2, 0.25) is 10.3 Å². The highest BCUT2D eigenvalue weighted by Crippen LogP contribution is 2.27. The Bertz CT molecular complexity index is 1090. The molecule has 2 saturated carbocycles. The summed E-state index contributed by atoms with van der Waals surface area (Å²) in [5.74, 6) is -0.0965. The van der Waals surface area contributed by atoms with Crippen molar-refractivity contribution in [3.05, 3.63) is 102 Å². The first kappa shape index (κ1) is 31.8. The lowest BCUT2D eigenvalue weighted by molar-refractivity contribution is -0.404. The van der Waals surface area contributed by atoms with Gasteiger partial charge < -0.3 is 10.6 Å². The third-order valence-corrected chi connectivity index (χ3v) is 5.77. The Morgan fingerprint density at radius 2 is 1.49 bits per heavy atom. The third kappa shape index (κ3) is 12.0. The van der Waals surface area contributed by atoms with Gasteiger partial charge in [-0.3, -0.25) is 20.2 Å². The Morgan fingerprint density at radius 1 is 0.946 bits per heavy atom. The fourth-order valence-electron chi connectivity index (χ4n) is 3.16. The van der Waals surface area contributed by atoms with E-state index in [-0.39, 0.29) is 20.8 Å². The Kier molecular flexibility index (Phi) is 13.0. The zero-order valence-electron chi connectivity index (χ0n) is 19.1. The zero-order valence-corrected chi connectivity index (χ0v) is 20.6. The highest BCUT2D eigenvalue weighted by atomic mass is 35.5. The minimum Gasteiger partial charge on any atom is -0.380 e. The highest BCUT2D eigenvalue weighted by molar-refractivity contribution is 6.29. The largest absolute Gasteiger partial charge is 0.380 e. The molecule has 0 radical (unpaired) electrons. The van der Waals surface area contributed by atoms with Gasteiger partial charge in [0.2, 0.25) is 0 Å². The average Bonchev–Trinajstić information content (AvgIpc) is 3.72. The molecule has 1 unspecified atom stereocenters. The normalized spacial score (nSPS) is 15.6. The molecule has 0 aromatic carbocycles. The predicted molar refractivity (Wildman–Crippen MR) is 147 cm³/mol. The molecule has 2 aliphatic rings. The lowest BCUT2D eigenvalue weighted by Gasteiger charge is -2.15. The molecule has 12 heteroatoms. The number of nitrogens with zero attached hydrogens (tertiary/aromatic N) is 4. The number of halogens is 2. The Balaban J connectivity index is 0.000000351. The smallest absolute Gasteiger partial charge is 0.253 e. The van der Waals surface area contributed by atoms with Crippen LogP contribution in [0.5, 0.6) is 0 Å². The molecule has 2 fully saturated rings. The van der Waals surface area contributed by atoms with Crippen LogP contribution in [-0.2, 0) is 6.42 Å². The minimum absolute atomic E-state index is 0. The molecule has 0 saturated heterocycles. The maximum atomic E-state index is 10.7. The minimum atomic E-state index is -0.436. The van der Waals surface area contributed by atoms with Crippen LogP contribution >= 0.6 is 23.2 Å². The van der Waals surface area contributed by atoms with Crippen molar-refractivity contribution >= 4 is 23.2 Å². The predicted octanol–water partition coefficient (Wildman–Crippen LogP) is 6.13. The van der Waals surface area contributed by atoms with Crippen molar-refractivity contribution in [3.63, 3.8) is 0 Å². The average molecular weight is 553 g/mol. The van der Waals surface area contributed by atoms with Crippen LogP contribution in [0.3, 0.4) is 0 Å². The van der Waals surface area contributed by atoms with E-state index in [1.807, 2.05) is 19.1 Å². The number of nitrogens with one attached hydrogen (secondary N) is 2. The van der Waals surface area contributed by atoms with E-state index < -0.39 is 9.85 Å². The van der Waals surface area contributed by atoms with Gasteiger partial charge in [-0.15, -0.1) is 0 Å². The summed E-state index contributed by atoms with van der Waals surface area (Å²) in [4.78, 5) is 28.2. The summed E-state index contributed by atoms with van der Waals surface area (Å²) in [6.07, 6.45) is 10.1. The standard InChI is InChI=1S/C12H14ClN3O2.C11H12ClN3O2.2CH4/c1-8(9-2-5-12(13)14-6-9)11(7-16(17)18)15-10-3-4-10;12-11-4-1-8(6-13-11)5-10(7-15(16)17)14-9-2-3-9;;/h2,5-8,10,15H,3-4H2,1H3;1,4,6-7,9,14H,2-3,5H2;2*1H4/b11-7-;10-7-;;. The Labute approximate surface area is 227 Å². The van der Waals surface area contributed by atoms with Gasteiger partial charge >= 0.3 is 0 Å². The number of hydrogen-bond donors (Lipinski definition) is 2. The molecule has 4 rings (SSSR count). The first-order valence-corrected chi connectivity index (χ1v) is 11.9. The van der Waals surface area contributed by atoms with Crippen LogP contribution in [0.25, 0.3) is 0 Å². The SMILES string of the molecule is C.C.CC(/C(=C/[N+](=O)[O-])NC1CC1)c1ccc(Cl)nc1.O=[N+]([O-])/C=C(/Cc1ccc(Cl)nc1)NC1CC1. The number of rotatable bonds is 10. The number of nitro groups is 2. The van der Waals surface area contributed by atoms with Gasteiger partial charge in [-0.05, 0) is 48.9 Å². The van der Waals surface area contributed by atoms with Gasteiger partial charge in [0.1, 0.15) is 10.3 Å². The van der Waals surface area contributed by atoms with Gasteiger partial charge in [0.15, 0.2) is 0 Å². The second-order valence-electron chi connectivity index (χ2n) is 8.45. The van der Waals surface area contributed by atoms with Crippen molar-refractivity contribution in [3.8, 4) is 0 Å². The maximum Gasteiger partial charge on any atom is 0.253 e. The highest BCUT2D eigenvalue weighted by Gasteiger charge is 2.26. The molecule has 1 atom stereocenters. The lowest BCUT2D eigenvalue weighted by atomic mass is 10.00. The lowest BCUT2D eigenvalue weighted by Crippen LogP contribution is -2.21. The van der Waals surface area contributed by atoms with Crippen molar-refractivity contribution < 1.29 is 9.85 Å². The van der Waals surface area contributed by atoms with E-state index in [9.17, 15) is 20.2 Å². The number of aromatic nitrogens is 2.